The van der Waals surface area contributed by atoms with Crippen molar-refractivity contribution in [3.8, 4) is 0 Å². The van der Waals surface area contributed by atoms with E-state index in [4.69, 9.17) is 0 Å². The van der Waals surface area contributed by atoms with Gasteiger partial charge in [-0.2, -0.15) is 0 Å². The highest BCUT2D eigenvalue weighted by molar-refractivity contribution is 8.14. The zero-order chi connectivity index (χ0) is 19.5. The maximum absolute atomic E-state index is 13.4. The van der Waals surface area contributed by atoms with E-state index >= 15 is 0 Å². The van der Waals surface area contributed by atoms with E-state index in [1.54, 1.807) is 19.1 Å². The highest BCUT2D eigenvalue weighted by Crippen LogP contribution is 2.45. The van der Waals surface area contributed by atoms with Gasteiger partial charge in [-0.1, -0.05) is 25.1 Å². The number of sulfone groups is 1. The Morgan fingerprint density at radius 3 is 2.23 bits per heavy atom. The molecule has 1 N–H and O–H groups in total. The van der Waals surface area contributed by atoms with Gasteiger partial charge in [0, 0.05) is 12.1 Å². The fourth-order valence-electron chi connectivity index (χ4n) is 2.72. The molecule has 1 atom stereocenters. The fourth-order valence-corrected chi connectivity index (χ4v) is 6.22. The number of thioether (sulfide) groups is 1. The summed E-state index contributed by atoms with van der Waals surface area (Å²) in [6.07, 6.45) is 1.81. The summed E-state index contributed by atoms with van der Waals surface area (Å²) in [7, 11) is -4.35. The van der Waals surface area contributed by atoms with Crippen molar-refractivity contribution in [2.24, 2.45) is 0 Å². The Hall–Kier alpha value is -2.39. The van der Waals surface area contributed by atoms with Crippen LogP contribution in [0, 0.1) is 10.1 Å². The van der Waals surface area contributed by atoms with Gasteiger partial charge in [0.05, 0.1) is 9.82 Å². The minimum absolute atomic E-state index is 0.0472. The zero-order valence-corrected chi connectivity index (χ0v) is 15.7. The molecule has 0 aliphatic heterocycles. The Balaban J connectivity index is 2.78. The van der Waals surface area contributed by atoms with Crippen LogP contribution in [0.15, 0.2) is 53.4 Å². The van der Waals surface area contributed by atoms with Crippen LogP contribution >= 0.6 is 11.8 Å². The van der Waals surface area contributed by atoms with Crippen LogP contribution in [-0.2, 0) is 25.1 Å². The molecule has 0 fully saturated rings. The normalized spacial score (nSPS) is 13.8. The third-order valence-electron chi connectivity index (χ3n) is 4.05. The molecule has 0 saturated heterocycles. The van der Waals surface area contributed by atoms with Crippen LogP contribution in [0.25, 0.3) is 0 Å². The van der Waals surface area contributed by atoms with Gasteiger partial charge in [-0.15, -0.1) is 11.8 Å². The highest BCUT2D eigenvalue weighted by atomic mass is 32.3. The molecule has 2 rings (SSSR count). The van der Waals surface area contributed by atoms with E-state index in [1.165, 1.54) is 30.5 Å². The minimum atomic E-state index is -4.35. The van der Waals surface area contributed by atoms with E-state index in [2.05, 4.69) is 0 Å². The van der Waals surface area contributed by atoms with E-state index in [9.17, 15) is 28.4 Å². The standard InChI is InChI=1S/C17H17NO6S2/c1-3-12-6-4-5-7-15(12)26(23,24)17(25-2,16(19)20)13-8-10-14(11-9-13)18(21)22/h4-11H,3H2,1-2H3,(H,19,20). The predicted molar refractivity (Wildman–Crippen MR) is 98.9 cm³/mol. The van der Waals surface area contributed by atoms with Crippen molar-refractivity contribution in [2.45, 2.75) is 22.3 Å². The van der Waals surface area contributed by atoms with Gasteiger partial charge in [0.15, 0.2) is 0 Å². The second kappa shape index (κ2) is 7.46. The number of non-ortho nitro benzene ring substituents is 1. The Bertz CT molecular complexity index is 940. The van der Waals surface area contributed by atoms with Crippen molar-refractivity contribution < 1.29 is 23.2 Å². The average Bonchev–Trinajstić information content (AvgIpc) is 2.62. The highest BCUT2D eigenvalue weighted by Gasteiger charge is 2.53. The number of rotatable bonds is 7. The summed E-state index contributed by atoms with van der Waals surface area (Å²) >= 11 is 0.656. The van der Waals surface area contributed by atoms with Gasteiger partial charge in [-0.25, -0.2) is 13.2 Å². The molecule has 0 aliphatic rings. The number of nitrogens with zero attached hydrogens (tertiary/aromatic N) is 1. The Morgan fingerprint density at radius 2 is 1.77 bits per heavy atom. The summed E-state index contributed by atoms with van der Waals surface area (Å²) in [5.74, 6) is -1.55. The molecule has 0 spiro atoms. The second-order valence-electron chi connectivity index (χ2n) is 5.39. The third kappa shape index (κ3) is 3.08. The second-order valence-corrected chi connectivity index (χ2v) is 8.73. The Morgan fingerprint density at radius 1 is 1.19 bits per heavy atom. The largest absolute Gasteiger partial charge is 0.479 e. The number of nitro groups is 1. The van der Waals surface area contributed by atoms with Crippen LogP contribution in [0.3, 0.4) is 0 Å². The van der Waals surface area contributed by atoms with Gasteiger partial charge in [-0.05, 0) is 42.0 Å². The molecule has 0 bridgehead atoms. The van der Waals surface area contributed by atoms with Gasteiger partial charge >= 0.3 is 5.97 Å². The van der Waals surface area contributed by atoms with Gasteiger partial charge in [0.25, 0.3) is 5.69 Å². The number of aliphatic carboxylic acids is 1. The topological polar surface area (TPSA) is 115 Å². The lowest BCUT2D eigenvalue weighted by Gasteiger charge is -2.28. The van der Waals surface area contributed by atoms with Crippen LogP contribution < -0.4 is 0 Å². The first-order chi connectivity index (χ1) is 12.2. The summed E-state index contributed by atoms with van der Waals surface area (Å²) < 4.78 is 24.5. The number of carbonyl (C=O) groups is 1. The molecule has 0 amide bonds. The number of carboxylic acid groups (broad SMARTS) is 1. The average molecular weight is 395 g/mol. The van der Waals surface area contributed by atoms with E-state index in [0.29, 0.717) is 23.7 Å². The molecule has 0 aliphatic carbocycles. The summed E-state index contributed by atoms with van der Waals surface area (Å²) in [6, 6.07) is 10.8. The quantitative estimate of drug-likeness (QED) is 0.565. The van der Waals surface area contributed by atoms with Gasteiger partial charge in [0.2, 0.25) is 13.9 Å². The predicted octanol–water partition coefficient (Wildman–Crippen LogP) is 3.23. The molecular weight excluding hydrogens is 378 g/mol. The monoisotopic (exact) mass is 395 g/mol. The molecule has 138 valence electrons. The van der Waals surface area contributed by atoms with E-state index in [1.807, 2.05) is 0 Å². The molecule has 0 aromatic heterocycles. The van der Waals surface area contributed by atoms with E-state index < -0.39 is 24.8 Å². The Labute approximate surface area is 155 Å². The first-order valence-corrected chi connectivity index (χ1v) is 10.3. The van der Waals surface area contributed by atoms with Gasteiger partial charge in [-0.3, -0.25) is 10.1 Å². The van der Waals surface area contributed by atoms with Crippen molar-refractivity contribution in [3.05, 3.63) is 69.8 Å². The first kappa shape index (κ1) is 19.9. The van der Waals surface area contributed by atoms with Crippen molar-refractivity contribution in [1.82, 2.24) is 0 Å². The third-order valence-corrected chi connectivity index (χ3v) is 8.34. The molecule has 7 nitrogen and oxygen atoms in total. The molecule has 0 radical (unpaired) electrons. The SMILES string of the molecule is CCc1ccccc1S(=O)(=O)C(SC)(C(=O)O)c1ccc([N+](=O)[O-])cc1. The first-order valence-electron chi connectivity index (χ1n) is 7.58. The molecule has 2 aromatic rings. The maximum Gasteiger partial charge on any atom is 0.340 e. The lowest BCUT2D eigenvalue weighted by molar-refractivity contribution is -0.384. The number of hydrogen-bond acceptors (Lipinski definition) is 6. The van der Waals surface area contributed by atoms with Crippen LogP contribution in [0.5, 0.6) is 0 Å². The molecule has 0 saturated carbocycles. The molecular formula is C17H17NO6S2. The van der Waals surface area contributed by atoms with Gasteiger partial charge < -0.3 is 5.11 Å². The van der Waals surface area contributed by atoms with Crippen molar-refractivity contribution in [2.75, 3.05) is 6.26 Å². The van der Waals surface area contributed by atoms with Crippen LogP contribution in [-0.4, -0.2) is 30.7 Å². The van der Waals surface area contributed by atoms with Crippen LogP contribution in [0.4, 0.5) is 5.69 Å². The molecule has 2 aromatic carbocycles. The zero-order valence-electron chi connectivity index (χ0n) is 14.1. The molecule has 1 unspecified atom stereocenters. The minimum Gasteiger partial charge on any atom is -0.479 e. The molecule has 26 heavy (non-hydrogen) atoms. The summed E-state index contributed by atoms with van der Waals surface area (Å²) in [6.45, 7) is 1.78. The number of nitro benzene ring substituents is 1. The lowest BCUT2D eigenvalue weighted by atomic mass is 10.1. The number of hydrogen-bond donors (Lipinski definition) is 1. The lowest BCUT2D eigenvalue weighted by Crippen LogP contribution is -2.41. The number of aryl methyl sites for hydroxylation is 1. The smallest absolute Gasteiger partial charge is 0.340 e. The van der Waals surface area contributed by atoms with Crippen molar-refractivity contribution in [1.29, 1.82) is 0 Å². The van der Waals surface area contributed by atoms with Crippen LogP contribution in [0.2, 0.25) is 0 Å². The molecule has 0 heterocycles. The Kier molecular flexibility index (Phi) is 5.72. The number of carboxylic acids is 1. The maximum atomic E-state index is 13.4. The van der Waals surface area contributed by atoms with Crippen molar-refractivity contribution in [3.63, 3.8) is 0 Å². The number of benzene rings is 2. The van der Waals surface area contributed by atoms with Crippen LogP contribution in [0.1, 0.15) is 18.1 Å². The summed E-state index contributed by atoms with van der Waals surface area (Å²) in [4.78, 5) is 22.3. The van der Waals surface area contributed by atoms with E-state index in [-0.39, 0.29) is 16.1 Å². The van der Waals surface area contributed by atoms with Crippen molar-refractivity contribution >= 4 is 33.3 Å². The fraction of sp³-hybridized carbons (Fsp3) is 0.235. The summed E-state index contributed by atoms with van der Waals surface area (Å²) in [5, 5.41) is 20.7. The van der Waals surface area contributed by atoms with Gasteiger partial charge in [0.1, 0.15) is 0 Å². The molecule has 9 heteroatoms. The van der Waals surface area contributed by atoms with E-state index in [0.717, 1.165) is 12.1 Å². The summed E-state index contributed by atoms with van der Waals surface area (Å²) in [5.41, 5.74) is 0.212.